The molecule has 1 aromatic carbocycles. The van der Waals surface area contributed by atoms with E-state index in [2.05, 4.69) is 4.74 Å². The highest BCUT2D eigenvalue weighted by Crippen LogP contribution is 2.30. The van der Waals surface area contributed by atoms with Crippen molar-refractivity contribution in [3.63, 3.8) is 0 Å². The van der Waals surface area contributed by atoms with Gasteiger partial charge in [-0.2, -0.15) is 0 Å². The Kier molecular flexibility index (Phi) is 4.63. The summed E-state index contributed by atoms with van der Waals surface area (Å²) in [4.78, 5) is 13.3. The lowest BCUT2D eigenvalue weighted by molar-refractivity contribution is -0.142. The van der Waals surface area contributed by atoms with Crippen LogP contribution in [0.25, 0.3) is 0 Å². The molecule has 0 N–H and O–H groups in total. The third kappa shape index (κ3) is 3.61. The molecule has 0 unspecified atom stereocenters. The molecular weight excluding hydrogens is 246 g/mol. The second kappa shape index (κ2) is 6.43. The van der Waals surface area contributed by atoms with E-state index in [1.54, 1.807) is 0 Å². The number of esters is 1. The second-order valence-corrected chi connectivity index (χ2v) is 4.40. The van der Waals surface area contributed by atoms with Crippen molar-refractivity contribution in [2.75, 3.05) is 33.4 Å². The predicted octanol–water partition coefficient (Wildman–Crippen LogP) is 1.32. The Morgan fingerprint density at radius 2 is 2.16 bits per heavy atom. The summed E-state index contributed by atoms with van der Waals surface area (Å²) in [7, 11) is 1.40. The van der Waals surface area contributed by atoms with Crippen LogP contribution in [0.2, 0.25) is 0 Å². The molecule has 1 aromatic rings. The summed E-state index contributed by atoms with van der Waals surface area (Å²) in [5.74, 6) is 1.29. The van der Waals surface area contributed by atoms with E-state index in [9.17, 15) is 4.79 Å². The molecule has 104 valence electrons. The van der Waals surface area contributed by atoms with Crippen LogP contribution in [-0.2, 0) is 9.53 Å². The Labute approximate surface area is 113 Å². The van der Waals surface area contributed by atoms with E-state index in [1.165, 1.54) is 7.11 Å². The van der Waals surface area contributed by atoms with Crippen molar-refractivity contribution in [1.29, 1.82) is 0 Å². The standard InChI is InChI=1S/C14H19NO4/c1-3-15(9-14(16)17-2)8-11-10-18-12-6-4-5-7-13(12)19-11/h4-7,11H,3,8-10H2,1-2H3/t11-/m0/s1. The lowest BCUT2D eigenvalue weighted by Gasteiger charge is -2.30. The number of hydrogen-bond donors (Lipinski definition) is 0. The molecule has 0 aromatic heterocycles. The van der Waals surface area contributed by atoms with Crippen molar-refractivity contribution >= 4 is 5.97 Å². The first-order valence-corrected chi connectivity index (χ1v) is 6.40. The van der Waals surface area contributed by atoms with Gasteiger partial charge < -0.3 is 14.2 Å². The zero-order chi connectivity index (χ0) is 13.7. The Morgan fingerprint density at radius 1 is 1.42 bits per heavy atom. The van der Waals surface area contributed by atoms with E-state index in [4.69, 9.17) is 9.47 Å². The van der Waals surface area contributed by atoms with E-state index < -0.39 is 0 Å². The molecular formula is C14H19NO4. The Hall–Kier alpha value is -1.75. The fourth-order valence-corrected chi connectivity index (χ4v) is 1.99. The summed E-state index contributed by atoms with van der Waals surface area (Å²) in [6.07, 6.45) is -0.0699. The van der Waals surface area contributed by atoms with Gasteiger partial charge in [0.2, 0.25) is 0 Å². The Bertz CT molecular complexity index is 435. The van der Waals surface area contributed by atoms with Gasteiger partial charge in [-0.05, 0) is 18.7 Å². The fourth-order valence-electron chi connectivity index (χ4n) is 1.99. The minimum absolute atomic E-state index is 0.0699. The minimum Gasteiger partial charge on any atom is -0.486 e. The predicted molar refractivity (Wildman–Crippen MR) is 70.5 cm³/mol. The van der Waals surface area contributed by atoms with E-state index in [0.29, 0.717) is 13.2 Å². The van der Waals surface area contributed by atoms with Gasteiger partial charge in [-0.25, -0.2) is 0 Å². The third-order valence-electron chi connectivity index (χ3n) is 3.06. The molecule has 0 amide bonds. The summed E-state index contributed by atoms with van der Waals surface area (Å²) in [6, 6.07) is 7.60. The van der Waals surface area contributed by atoms with Gasteiger partial charge in [0.1, 0.15) is 12.7 Å². The van der Waals surface area contributed by atoms with Crippen molar-refractivity contribution in [2.45, 2.75) is 13.0 Å². The van der Waals surface area contributed by atoms with Gasteiger partial charge in [-0.3, -0.25) is 9.69 Å². The van der Waals surface area contributed by atoms with Gasteiger partial charge in [0.05, 0.1) is 13.7 Å². The molecule has 1 atom stereocenters. The highest BCUT2D eigenvalue weighted by atomic mass is 16.6. The third-order valence-corrected chi connectivity index (χ3v) is 3.06. The molecule has 5 nitrogen and oxygen atoms in total. The molecule has 19 heavy (non-hydrogen) atoms. The van der Waals surface area contributed by atoms with E-state index >= 15 is 0 Å². The summed E-state index contributed by atoms with van der Waals surface area (Å²) in [6.45, 7) is 4.17. The van der Waals surface area contributed by atoms with E-state index in [0.717, 1.165) is 18.0 Å². The van der Waals surface area contributed by atoms with Gasteiger partial charge in [0.15, 0.2) is 11.5 Å². The molecule has 0 radical (unpaired) electrons. The molecule has 0 fully saturated rings. The number of carbonyl (C=O) groups is 1. The average Bonchev–Trinajstić information content (AvgIpc) is 2.46. The number of methoxy groups -OCH3 is 1. The van der Waals surface area contributed by atoms with Crippen LogP contribution >= 0.6 is 0 Å². The Balaban J connectivity index is 1.92. The highest BCUT2D eigenvalue weighted by Gasteiger charge is 2.23. The van der Waals surface area contributed by atoms with Gasteiger partial charge in [0.25, 0.3) is 0 Å². The van der Waals surface area contributed by atoms with E-state index in [-0.39, 0.29) is 18.6 Å². The number of hydrogen-bond acceptors (Lipinski definition) is 5. The van der Waals surface area contributed by atoms with Gasteiger partial charge in [-0.15, -0.1) is 0 Å². The fraction of sp³-hybridized carbons (Fsp3) is 0.500. The number of fused-ring (bicyclic) bond motifs is 1. The summed E-state index contributed by atoms with van der Waals surface area (Å²) in [5, 5.41) is 0. The largest absolute Gasteiger partial charge is 0.486 e. The van der Waals surface area contributed by atoms with Crippen LogP contribution in [0.4, 0.5) is 0 Å². The van der Waals surface area contributed by atoms with Gasteiger partial charge in [-0.1, -0.05) is 19.1 Å². The molecule has 1 aliphatic rings. The van der Waals surface area contributed by atoms with Crippen LogP contribution in [-0.4, -0.2) is 50.3 Å². The minimum atomic E-state index is -0.237. The van der Waals surface area contributed by atoms with Crippen molar-refractivity contribution < 1.29 is 19.0 Å². The van der Waals surface area contributed by atoms with Crippen LogP contribution in [0.1, 0.15) is 6.92 Å². The molecule has 0 aliphatic carbocycles. The number of nitrogens with zero attached hydrogens (tertiary/aromatic N) is 1. The lowest BCUT2D eigenvalue weighted by atomic mass is 10.2. The highest BCUT2D eigenvalue weighted by molar-refractivity contribution is 5.71. The number of para-hydroxylation sites is 2. The maximum absolute atomic E-state index is 11.3. The first-order chi connectivity index (χ1) is 9.22. The van der Waals surface area contributed by atoms with Crippen molar-refractivity contribution in [2.24, 2.45) is 0 Å². The molecule has 2 rings (SSSR count). The lowest BCUT2D eigenvalue weighted by Crippen LogP contribution is -2.43. The molecule has 0 saturated carbocycles. The van der Waals surface area contributed by atoms with Gasteiger partial charge >= 0.3 is 5.97 Å². The van der Waals surface area contributed by atoms with Gasteiger partial charge in [0, 0.05) is 6.54 Å². The molecule has 0 bridgehead atoms. The number of likely N-dealkylation sites (N-methyl/N-ethyl adjacent to an activating group) is 1. The monoisotopic (exact) mass is 265 g/mol. The first-order valence-electron chi connectivity index (χ1n) is 6.40. The summed E-state index contributed by atoms with van der Waals surface area (Å²) in [5.41, 5.74) is 0. The second-order valence-electron chi connectivity index (χ2n) is 4.40. The number of ether oxygens (including phenoxy) is 3. The number of benzene rings is 1. The average molecular weight is 265 g/mol. The van der Waals surface area contributed by atoms with Crippen LogP contribution in [0.3, 0.4) is 0 Å². The Morgan fingerprint density at radius 3 is 2.84 bits per heavy atom. The van der Waals surface area contributed by atoms with Crippen LogP contribution in [0.5, 0.6) is 11.5 Å². The molecule has 1 aliphatic heterocycles. The SMILES string of the molecule is CCN(CC(=O)OC)C[C@H]1COc2ccccc2O1. The normalized spacial score (nSPS) is 17.3. The number of rotatable bonds is 5. The smallest absolute Gasteiger partial charge is 0.319 e. The van der Waals surface area contributed by atoms with E-state index in [1.807, 2.05) is 36.1 Å². The maximum Gasteiger partial charge on any atom is 0.319 e. The topological polar surface area (TPSA) is 48.0 Å². The first kappa shape index (κ1) is 13.7. The molecule has 0 spiro atoms. The molecule has 0 saturated heterocycles. The molecule has 5 heteroatoms. The van der Waals surface area contributed by atoms with Crippen LogP contribution < -0.4 is 9.47 Å². The number of carbonyl (C=O) groups excluding carboxylic acids is 1. The van der Waals surface area contributed by atoms with Crippen LogP contribution in [0, 0.1) is 0 Å². The zero-order valence-corrected chi connectivity index (χ0v) is 11.3. The van der Waals surface area contributed by atoms with Crippen LogP contribution in [0.15, 0.2) is 24.3 Å². The zero-order valence-electron chi connectivity index (χ0n) is 11.3. The quantitative estimate of drug-likeness (QED) is 0.751. The van der Waals surface area contributed by atoms with Crippen molar-refractivity contribution in [3.8, 4) is 11.5 Å². The summed E-state index contributed by atoms with van der Waals surface area (Å²) >= 11 is 0. The van der Waals surface area contributed by atoms with Crippen molar-refractivity contribution in [1.82, 2.24) is 4.90 Å². The van der Waals surface area contributed by atoms with Crippen molar-refractivity contribution in [3.05, 3.63) is 24.3 Å². The molecule has 1 heterocycles. The maximum atomic E-state index is 11.3. The summed E-state index contributed by atoms with van der Waals surface area (Å²) < 4.78 is 16.2.